The summed E-state index contributed by atoms with van der Waals surface area (Å²) >= 11 is 8.88. The van der Waals surface area contributed by atoms with Crippen molar-refractivity contribution in [2.75, 3.05) is 0 Å². The van der Waals surface area contributed by atoms with E-state index in [1.165, 1.54) is 11.1 Å². The molecule has 0 radical (unpaired) electrons. The van der Waals surface area contributed by atoms with E-state index in [0.29, 0.717) is 29.5 Å². The molecule has 0 unspecified atom stereocenters. The highest BCUT2D eigenvalue weighted by atomic mass is 79.9. The number of nitrogens with one attached hydrogen (secondary N) is 1. The van der Waals surface area contributed by atoms with Crippen LogP contribution in [0.2, 0.25) is 0 Å². The van der Waals surface area contributed by atoms with Gasteiger partial charge in [-0.05, 0) is 46.7 Å². The smallest absolute Gasteiger partial charge is 0.200 e. The van der Waals surface area contributed by atoms with Gasteiger partial charge in [0, 0.05) is 18.6 Å². The number of halogens is 1. The van der Waals surface area contributed by atoms with Gasteiger partial charge in [0.1, 0.15) is 12.4 Å². The molecule has 11 heteroatoms. The lowest BCUT2D eigenvalue weighted by molar-refractivity contribution is 0.503. The van der Waals surface area contributed by atoms with Gasteiger partial charge in [-0.15, -0.1) is 0 Å². The first-order valence-corrected chi connectivity index (χ1v) is 10.7. The van der Waals surface area contributed by atoms with Gasteiger partial charge in [0.15, 0.2) is 10.6 Å². The summed E-state index contributed by atoms with van der Waals surface area (Å²) in [5, 5.41) is 20.6. The fourth-order valence-corrected chi connectivity index (χ4v) is 3.83. The van der Waals surface area contributed by atoms with E-state index in [0.717, 1.165) is 10.2 Å². The maximum Gasteiger partial charge on any atom is 0.200 e. The molecule has 0 saturated carbocycles. The number of benzene rings is 1. The van der Waals surface area contributed by atoms with Crippen molar-refractivity contribution in [3.63, 3.8) is 0 Å². The number of aromatic amines is 1. The fourth-order valence-electron chi connectivity index (χ4n) is 3.27. The molecule has 31 heavy (non-hydrogen) atoms. The fraction of sp³-hybridized carbons (Fsp3) is 0.150. The molecule has 4 heterocycles. The molecule has 0 saturated heterocycles. The van der Waals surface area contributed by atoms with E-state index in [1.54, 1.807) is 21.8 Å². The number of rotatable bonds is 6. The topological polar surface area (TPSA) is 87.1 Å². The van der Waals surface area contributed by atoms with Crippen LogP contribution in [0.1, 0.15) is 11.1 Å². The van der Waals surface area contributed by atoms with Gasteiger partial charge in [0.05, 0.1) is 29.1 Å². The van der Waals surface area contributed by atoms with Crippen LogP contribution < -0.4 is 0 Å². The zero-order chi connectivity index (χ0) is 21.4. The Balaban J connectivity index is 1.41. The minimum Gasteiger partial charge on any atom is -0.266 e. The van der Waals surface area contributed by atoms with E-state index >= 15 is 0 Å². The van der Waals surface area contributed by atoms with E-state index in [-0.39, 0.29) is 0 Å². The summed E-state index contributed by atoms with van der Waals surface area (Å²) in [6.45, 7) is 3.24. The maximum absolute atomic E-state index is 5.48. The Bertz CT molecular complexity index is 1390. The number of hydrogen-bond acceptors (Lipinski definition) is 5. The zero-order valence-electron chi connectivity index (χ0n) is 16.6. The summed E-state index contributed by atoms with van der Waals surface area (Å²) in [4.78, 5) is 0. The van der Waals surface area contributed by atoms with Crippen molar-refractivity contribution in [3.8, 4) is 17.2 Å². The van der Waals surface area contributed by atoms with Gasteiger partial charge in [-0.25, -0.2) is 4.68 Å². The predicted octanol–water partition coefficient (Wildman–Crippen LogP) is 3.81. The Kier molecular flexibility index (Phi) is 5.12. The van der Waals surface area contributed by atoms with E-state index in [4.69, 9.17) is 12.2 Å². The second-order valence-corrected chi connectivity index (χ2v) is 8.45. The van der Waals surface area contributed by atoms with Crippen molar-refractivity contribution >= 4 is 28.1 Å². The number of nitrogens with zero attached hydrogens (tertiary/aromatic N) is 8. The second kappa shape index (κ2) is 8.08. The molecular weight excluding hydrogens is 478 g/mol. The molecule has 0 aliphatic rings. The van der Waals surface area contributed by atoms with Gasteiger partial charge in [0.2, 0.25) is 0 Å². The minimum absolute atomic E-state index is 0.482. The standard InChI is InChI=1S/C20H18BrN9S/c1-14-2-4-15(5-3-14)10-28-12-17(9-23-28)30-19(24-25-20(30)31)18-6-7-27(26-18)13-29-11-16(21)8-22-29/h2-9,11-12H,10,13H2,1H3,(H,25,31). The van der Waals surface area contributed by atoms with E-state index < -0.39 is 0 Å². The van der Waals surface area contributed by atoms with Crippen molar-refractivity contribution in [1.82, 2.24) is 44.1 Å². The van der Waals surface area contributed by atoms with E-state index in [9.17, 15) is 0 Å². The van der Waals surface area contributed by atoms with Crippen molar-refractivity contribution in [2.24, 2.45) is 0 Å². The summed E-state index contributed by atoms with van der Waals surface area (Å²) in [5.74, 6) is 0.625. The van der Waals surface area contributed by atoms with Crippen molar-refractivity contribution < 1.29 is 0 Å². The van der Waals surface area contributed by atoms with Crippen LogP contribution in [0.4, 0.5) is 0 Å². The minimum atomic E-state index is 0.482. The third-order valence-electron chi connectivity index (χ3n) is 4.78. The second-order valence-electron chi connectivity index (χ2n) is 7.15. The lowest BCUT2D eigenvalue weighted by Gasteiger charge is -2.04. The highest BCUT2D eigenvalue weighted by Gasteiger charge is 2.15. The quantitative estimate of drug-likeness (QED) is 0.362. The molecule has 4 aromatic heterocycles. The zero-order valence-corrected chi connectivity index (χ0v) is 19.0. The van der Waals surface area contributed by atoms with Crippen LogP contribution in [0.5, 0.6) is 0 Å². The molecule has 0 aliphatic heterocycles. The molecule has 5 rings (SSSR count). The molecule has 9 nitrogen and oxygen atoms in total. The summed E-state index contributed by atoms with van der Waals surface area (Å²) < 4.78 is 8.70. The van der Waals surface area contributed by atoms with Crippen LogP contribution in [-0.2, 0) is 13.2 Å². The summed E-state index contributed by atoms with van der Waals surface area (Å²) in [6.07, 6.45) is 9.24. The first-order valence-electron chi connectivity index (χ1n) is 9.53. The summed E-state index contributed by atoms with van der Waals surface area (Å²) in [5.41, 5.74) is 3.94. The predicted molar refractivity (Wildman–Crippen MR) is 121 cm³/mol. The molecule has 1 aromatic carbocycles. The molecule has 0 aliphatic carbocycles. The molecule has 5 aromatic rings. The molecule has 0 bridgehead atoms. The first-order chi connectivity index (χ1) is 15.0. The monoisotopic (exact) mass is 495 g/mol. The summed E-state index contributed by atoms with van der Waals surface area (Å²) in [7, 11) is 0. The van der Waals surface area contributed by atoms with Crippen molar-refractivity contribution in [3.05, 3.63) is 81.7 Å². The van der Waals surface area contributed by atoms with E-state index in [1.807, 2.05) is 33.9 Å². The highest BCUT2D eigenvalue weighted by Crippen LogP contribution is 2.20. The molecule has 0 amide bonds. The SMILES string of the molecule is Cc1ccc(Cn2cc(-n3c(-c4ccn(Cn5cc(Br)cn5)n4)n[nH]c3=S)cn2)cc1. The third kappa shape index (κ3) is 4.14. The van der Waals surface area contributed by atoms with E-state index in [2.05, 4.69) is 72.6 Å². The Hall–Kier alpha value is -3.31. The number of H-pyrrole nitrogens is 1. The molecule has 156 valence electrons. The Labute approximate surface area is 191 Å². The molecule has 0 atom stereocenters. The Morgan fingerprint density at radius 1 is 1.00 bits per heavy atom. The van der Waals surface area contributed by atoms with Gasteiger partial charge >= 0.3 is 0 Å². The van der Waals surface area contributed by atoms with Crippen LogP contribution in [0.3, 0.4) is 0 Å². The van der Waals surface area contributed by atoms with Gasteiger partial charge in [-0.2, -0.15) is 20.4 Å². The maximum atomic E-state index is 5.48. The van der Waals surface area contributed by atoms with Crippen molar-refractivity contribution in [2.45, 2.75) is 20.1 Å². The summed E-state index contributed by atoms with van der Waals surface area (Å²) in [6, 6.07) is 10.3. The molecule has 0 spiro atoms. The molecule has 1 N–H and O–H groups in total. The van der Waals surface area contributed by atoms with Crippen LogP contribution in [0.15, 0.2) is 65.8 Å². The first kappa shape index (κ1) is 19.6. The molecular formula is C20H18BrN9S. The number of hydrogen-bond donors (Lipinski definition) is 1. The van der Waals surface area contributed by atoms with Crippen LogP contribution in [-0.4, -0.2) is 44.1 Å². The Morgan fingerprint density at radius 2 is 1.81 bits per heavy atom. The lowest BCUT2D eigenvalue weighted by Crippen LogP contribution is -2.09. The van der Waals surface area contributed by atoms with Gasteiger partial charge in [0.25, 0.3) is 0 Å². The van der Waals surface area contributed by atoms with Crippen LogP contribution >= 0.6 is 28.1 Å². The van der Waals surface area contributed by atoms with Gasteiger partial charge in [-0.1, -0.05) is 29.8 Å². The van der Waals surface area contributed by atoms with Crippen molar-refractivity contribution in [1.29, 1.82) is 0 Å². The number of aromatic nitrogens is 9. The third-order valence-corrected chi connectivity index (χ3v) is 5.46. The highest BCUT2D eigenvalue weighted by molar-refractivity contribution is 9.10. The van der Waals surface area contributed by atoms with Gasteiger partial charge in [-0.3, -0.25) is 19.0 Å². The van der Waals surface area contributed by atoms with Crippen LogP contribution in [0, 0.1) is 11.7 Å². The average Bonchev–Trinajstić information content (AvgIpc) is 3.53. The Morgan fingerprint density at radius 3 is 2.58 bits per heavy atom. The average molecular weight is 496 g/mol. The van der Waals surface area contributed by atoms with Crippen LogP contribution in [0.25, 0.3) is 17.2 Å². The largest absolute Gasteiger partial charge is 0.266 e. The lowest BCUT2D eigenvalue weighted by atomic mass is 10.1. The molecule has 0 fully saturated rings. The number of aryl methyl sites for hydroxylation is 1. The normalized spacial score (nSPS) is 11.3. The van der Waals surface area contributed by atoms with Gasteiger partial charge < -0.3 is 0 Å².